The number of carbonyl (C=O) groups excluding carboxylic acids is 1. The van der Waals surface area contributed by atoms with E-state index >= 15 is 0 Å². The number of nitrogens with zero attached hydrogens (tertiary/aromatic N) is 1. The molecule has 2 atom stereocenters. The molecule has 1 amide bonds. The molecule has 2 N–H and O–H groups in total. The second-order valence-electron chi connectivity index (χ2n) is 4.87. The van der Waals surface area contributed by atoms with Crippen molar-refractivity contribution >= 4 is 21.9 Å². The minimum Gasteiger partial charge on any atom is -0.481 e. The van der Waals surface area contributed by atoms with Gasteiger partial charge in [-0.25, -0.2) is 8.42 Å². The number of hydrogen-bond acceptors (Lipinski definition) is 4. The summed E-state index contributed by atoms with van der Waals surface area (Å²) in [6.45, 7) is 2.07. The van der Waals surface area contributed by atoms with Gasteiger partial charge in [0.05, 0.1) is 6.26 Å². The van der Waals surface area contributed by atoms with Crippen molar-refractivity contribution in [2.75, 3.05) is 12.8 Å². The van der Waals surface area contributed by atoms with Crippen molar-refractivity contribution in [3.63, 3.8) is 0 Å². The van der Waals surface area contributed by atoms with Crippen molar-refractivity contribution in [3.8, 4) is 0 Å². The van der Waals surface area contributed by atoms with Crippen LogP contribution in [0.1, 0.15) is 32.6 Å². The molecule has 0 aromatic carbocycles. The standard InChI is InChI=1S/C11H20N2O5S/c1-8(5-6-10(14)15)12-11(16)9-4-3-7-13(9)19(2,17)18/h8-9H,3-7H2,1-2H3,(H,12,16)(H,14,15). The van der Waals surface area contributed by atoms with Gasteiger partial charge in [-0.15, -0.1) is 0 Å². The number of carbonyl (C=O) groups is 2. The van der Waals surface area contributed by atoms with Gasteiger partial charge >= 0.3 is 5.97 Å². The highest BCUT2D eigenvalue weighted by atomic mass is 32.2. The maximum atomic E-state index is 12.0. The molecule has 1 aliphatic rings. The lowest BCUT2D eigenvalue weighted by Crippen LogP contribution is -2.47. The lowest BCUT2D eigenvalue weighted by atomic mass is 10.1. The number of carboxylic acids is 1. The van der Waals surface area contributed by atoms with Crippen LogP contribution in [-0.2, 0) is 19.6 Å². The first-order valence-corrected chi connectivity index (χ1v) is 8.05. The molecule has 1 rings (SSSR count). The van der Waals surface area contributed by atoms with E-state index in [0.29, 0.717) is 25.8 Å². The van der Waals surface area contributed by atoms with Gasteiger partial charge in [-0.05, 0) is 26.2 Å². The smallest absolute Gasteiger partial charge is 0.303 e. The van der Waals surface area contributed by atoms with Gasteiger partial charge in [0.2, 0.25) is 15.9 Å². The molecule has 1 heterocycles. The summed E-state index contributed by atoms with van der Waals surface area (Å²) < 4.78 is 24.2. The van der Waals surface area contributed by atoms with Gasteiger partial charge in [-0.3, -0.25) is 9.59 Å². The fourth-order valence-electron chi connectivity index (χ4n) is 2.15. The molecule has 0 spiro atoms. The molecule has 1 fully saturated rings. The largest absolute Gasteiger partial charge is 0.481 e. The van der Waals surface area contributed by atoms with E-state index in [1.807, 2.05) is 0 Å². The third-order valence-electron chi connectivity index (χ3n) is 3.11. The Balaban J connectivity index is 2.55. The van der Waals surface area contributed by atoms with Crippen LogP contribution >= 0.6 is 0 Å². The second-order valence-corrected chi connectivity index (χ2v) is 6.81. The summed E-state index contributed by atoms with van der Waals surface area (Å²) in [5.74, 6) is -1.26. The summed E-state index contributed by atoms with van der Waals surface area (Å²) >= 11 is 0. The van der Waals surface area contributed by atoms with Crippen LogP contribution in [0, 0.1) is 0 Å². The number of carboxylic acid groups (broad SMARTS) is 1. The molecular formula is C11H20N2O5S. The predicted octanol–water partition coefficient (Wildman–Crippen LogP) is -0.220. The fraction of sp³-hybridized carbons (Fsp3) is 0.818. The Morgan fingerprint density at radius 2 is 2.11 bits per heavy atom. The van der Waals surface area contributed by atoms with Crippen LogP contribution in [0.25, 0.3) is 0 Å². The van der Waals surface area contributed by atoms with E-state index in [1.165, 1.54) is 4.31 Å². The van der Waals surface area contributed by atoms with E-state index in [9.17, 15) is 18.0 Å². The van der Waals surface area contributed by atoms with Crippen molar-refractivity contribution in [1.29, 1.82) is 0 Å². The maximum absolute atomic E-state index is 12.0. The Hall–Kier alpha value is -1.15. The van der Waals surface area contributed by atoms with Crippen molar-refractivity contribution < 1.29 is 23.1 Å². The highest BCUT2D eigenvalue weighted by Crippen LogP contribution is 2.20. The monoisotopic (exact) mass is 292 g/mol. The molecular weight excluding hydrogens is 272 g/mol. The summed E-state index contributed by atoms with van der Waals surface area (Å²) in [6.07, 6.45) is 2.56. The molecule has 2 unspecified atom stereocenters. The number of sulfonamides is 1. The first-order valence-electron chi connectivity index (χ1n) is 6.21. The summed E-state index contributed by atoms with van der Waals surface area (Å²) in [7, 11) is -3.38. The van der Waals surface area contributed by atoms with E-state index in [0.717, 1.165) is 6.26 Å². The first kappa shape index (κ1) is 15.9. The minimum atomic E-state index is -3.38. The molecule has 0 aliphatic carbocycles. The van der Waals surface area contributed by atoms with E-state index in [1.54, 1.807) is 6.92 Å². The topological polar surface area (TPSA) is 104 Å². The van der Waals surface area contributed by atoms with Crippen LogP contribution in [0.2, 0.25) is 0 Å². The molecule has 0 saturated carbocycles. The van der Waals surface area contributed by atoms with Gasteiger partial charge in [-0.1, -0.05) is 0 Å². The lowest BCUT2D eigenvalue weighted by molar-refractivity contribution is -0.137. The van der Waals surface area contributed by atoms with Gasteiger partial charge in [0, 0.05) is 19.0 Å². The van der Waals surface area contributed by atoms with Crippen LogP contribution < -0.4 is 5.32 Å². The number of nitrogens with one attached hydrogen (secondary N) is 1. The third kappa shape index (κ3) is 4.79. The van der Waals surface area contributed by atoms with E-state index in [4.69, 9.17) is 5.11 Å². The average molecular weight is 292 g/mol. The highest BCUT2D eigenvalue weighted by Gasteiger charge is 2.36. The molecule has 110 valence electrons. The number of amides is 1. The number of hydrogen-bond donors (Lipinski definition) is 2. The zero-order chi connectivity index (χ0) is 14.6. The van der Waals surface area contributed by atoms with Crippen molar-refractivity contribution in [2.24, 2.45) is 0 Å². The van der Waals surface area contributed by atoms with Crippen LogP contribution in [0.5, 0.6) is 0 Å². The van der Waals surface area contributed by atoms with Gasteiger partial charge in [0.1, 0.15) is 6.04 Å². The molecule has 0 bridgehead atoms. The molecule has 8 heteroatoms. The minimum absolute atomic E-state index is 0.0259. The van der Waals surface area contributed by atoms with E-state index < -0.39 is 22.0 Å². The maximum Gasteiger partial charge on any atom is 0.303 e. The first-order chi connectivity index (χ1) is 8.71. The Labute approximate surface area is 113 Å². The molecule has 19 heavy (non-hydrogen) atoms. The quantitative estimate of drug-likeness (QED) is 0.704. The van der Waals surface area contributed by atoms with E-state index in [2.05, 4.69) is 5.32 Å². The second kappa shape index (κ2) is 6.33. The van der Waals surface area contributed by atoms with Crippen molar-refractivity contribution in [1.82, 2.24) is 9.62 Å². The van der Waals surface area contributed by atoms with Crippen LogP contribution in [-0.4, -0.2) is 54.6 Å². The van der Waals surface area contributed by atoms with Crippen molar-refractivity contribution in [2.45, 2.75) is 44.7 Å². The average Bonchev–Trinajstić information content (AvgIpc) is 2.74. The van der Waals surface area contributed by atoms with Crippen LogP contribution in [0.3, 0.4) is 0 Å². The molecule has 0 radical (unpaired) electrons. The Morgan fingerprint density at radius 3 is 2.63 bits per heavy atom. The number of rotatable bonds is 6. The lowest BCUT2D eigenvalue weighted by Gasteiger charge is -2.23. The van der Waals surface area contributed by atoms with Gasteiger partial charge in [0.25, 0.3) is 0 Å². The summed E-state index contributed by atoms with van der Waals surface area (Å²) in [5.41, 5.74) is 0. The molecule has 0 aromatic rings. The van der Waals surface area contributed by atoms with Gasteiger partial charge in [0.15, 0.2) is 0 Å². The Kier molecular flexibility index (Phi) is 5.30. The predicted molar refractivity (Wildman–Crippen MR) is 69.0 cm³/mol. The SMILES string of the molecule is CC(CCC(=O)O)NC(=O)C1CCCN1S(C)(=O)=O. The zero-order valence-electron chi connectivity index (χ0n) is 11.1. The molecule has 1 saturated heterocycles. The van der Waals surface area contributed by atoms with Crippen molar-refractivity contribution in [3.05, 3.63) is 0 Å². The molecule has 0 aromatic heterocycles. The zero-order valence-corrected chi connectivity index (χ0v) is 11.9. The van der Waals surface area contributed by atoms with E-state index in [-0.39, 0.29) is 18.4 Å². The highest BCUT2D eigenvalue weighted by molar-refractivity contribution is 7.88. The molecule has 1 aliphatic heterocycles. The summed E-state index contributed by atoms with van der Waals surface area (Å²) in [5, 5.41) is 11.2. The fourth-order valence-corrected chi connectivity index (χ4v) is 3.27. The number of aliphatic carboxylic acids is 1. The van der Waals surface area contributed by atoms with Crippen LogP contribution in [0.15, 0.2) is 0 Å². The Morgan fingerprint density at radius 1 is 1.47 bits per heavy atom. The summed E-state index contributed by atoms with van der Waals surface area (Å²) in [6, 6.07) is -0.951. The normalized spacial score (nSPS) is 22.1. The van der Waals surface area contributed by atoms with Crippen LogP contribution in [0.4, 0.5) is 0 Å². The van der Waals surface area contributed by atoms with Gasteiger partial charge in [-0.2, -0.15) is 4.31 Å². The Bertz CT molecular complexity index is 448. The summed E-state index contributed by atoms with van der Waals surface area (Å²) in [4.78, 5) is 22.4. The third-order valence-corrected chi connectivity index (χ3v) is 4.40. The van der Waals surface area contributed by atoms with Gasteiger partial charge < -0.3 is 10.4 Å². The molecule has 7 nitrogen and oxygen atoms in total.